The molecule has 1 aromatic carbocycles. The Hall–Kier alpha value is -0.730. The smallest absolute Gasteiger partial charge is 0.0642 e. The van der Waals surface area contributed by atoms with Crippen molar-refractivity contribution in [1.82, 2.24) is 5.32 Å². The molecule has 0 heterocycles. The highest BCUT2D eigenvalue weighted by atomic mass is 35.5. The summed E-state index contributed by atoms with van der Waals surface area (Å²) in [6, 6.07) is 7.08. The highest BCUT2D eigenvalue weighted by Crippen LogP contribution is 2.26. The molecular formula is C13H19ClN2. The van der Waals surface area contributed by atoms with Crippen molar-refractivity contribution in [2.45, 2.75) is 32.4 Å². The van der Waals surface area contributed by atoms with Gasteiger partial charge in [0, 0.05) is 26.2 Å². The molecule has 0 spiro atoms. The van der Waals surface area contributed by atoms with E-state index >= 15 is 0 Å². The van der Waals surface area contributed by atoms with Crippen LogP contribution in [0.2, 0.25) is 5.02 Å². The van der Waals surface area contributed by atoms with Gasteiger partial charge in [0.15, 0.2) is 0 Å². The van der Waals surface area contributed by atoms with Crippen LogP contribution in [0.1, 0.15) is 25.3 Å². The van der Waals surface area contributed by atoms with Gasteiger partial charge >= 0.3 is 0 Å². The molecule has 0 unspecified atom stereocenters. The zero-order valence-electron chi connectivity index (χ0n) is 9.96. The molecule has 16 heavy (non-hydrogen) atoms. The Kier molecular flexibility index (Phi) is 3.72. The van der Waals surface area contributed by atoms with Crippen LogP contribution < -0.4 is 10.2 Å². The number of benzene rings is 1. The first-order valence-electron chi connectivity index (χ1n) is 5.93. The average Bonchev–Trinajstić information content (AvgIpc) is 3.09. The summed E-state index contributed by atoms with van der Waals surface area (Å²) < 4.78 is 0. The van der Waals surface area contributed by atoms with Crippen LogP contribution >= 0.6 is 11.6 Å². The van der Waals surface area contributed by atoms with Crippen molar-refractivity contribution in [3.63, 3.8) is 0 Å². The van der Waals surface area contributed by atoms with E-state index in [4.69, 9.17) is 11.6 Å². The quantitative estimate of drug-likeness (QED) is 0.848. The topological polar surface area (TPSA) is 15.3 Å². The van der Waals surface area contributed by atoms with Gasteiger partial charge in [-0.15, -0.1) is 0 Å². The first-order chi connectivity index (χ1) is 7.70. The van der Waals surface area contributed by atoms with Crippen LogP contribution in [0.5, 0.6) is 0 Å². The van der Waals surface area contributed by atoms with E-state index in [9.17, 15) is 0 Å². The fourth-order valence-electron chi connectivity index (χ4n) is 1.69. The van der Waals surface area contributed by atoms with E-state index in [1.54, 1.807) is 0 Å². The van der Waals surface area contributed by atoms with Crippen LogP contribution in [0, 0.1) is 0 Å². The lowest BCUT2D eigenvalue weighted by Gasteiger charge is -2.18. The molecule has 0 saturated heterocycles. The molecule has 3 heteroatoms. The molecule has 0 bridgehead atoms. The third-order valence-electron chi connectivity index (χ3n) is 3.07. The Morgan fingerprint density at radius 1 is 1.44 bits per heavy atom. The number of rotatable bonds is 5. The maximum atomic E-state index is 6.26. The van der Waals surface area contributed by atoms with Crippen molar-refractivity contribution < 1.29 is 0 Å². The average molecular weight is 239 g/mol. The monoisotopic (exact) mass is 238 g/mol. The van der Waals surface area contributed by atoms with E-state index in [1.807, 2.05) is 0 Å². The molecule has 88 valence electrons. The summed E-state index contributed by atoms with van der Waals surface area (Å²) in [6.07, 6.45) is 2.65. The first kappa shape index (κ1) is 11.7. The summed E-state index contributed by atoms with van der Waals surface area (Å²) in [6.45, 7) is 4.03. The van der Waals surface area contributed by atoms with E-state index < -0.39 is 0 Å². The van der Waals surface area contributed by atoms with Crippen molar-refractivity contribution >= 4 is 17.3 Å². The molecule has 1 fully saturated rings. The molecule has 1 saturated carbocycles. The van der Waals surface area contributed by atoms with Crippen LogP contribution in [-0.2, 0) is 6.54 Å². The lowest BCUT2D eigenvalue weighted by molar-refractivity contribution is 0.688. The molecule has 1 aliphatic rings. The summed E-state index contributed by atoms with van der Waals surface area (Å²) >= 11 is 6.26. The SMILES string of the molecule is CCN(C)c1ccc(CNC2CC2)cc1Cl. The molecule has 0 amide bonds. The Labute approximate surface area is 103 Å². The zero-order chi connectivity index (χ0) is 11.5. The highest BCUT2D eigenvalue weighted by Gasteiger charge is 2.20. The minimum Gasteiger partial charge on any atom is -0.374 e. The predicted molar refractivity (Wildman–Crippen MR) is 70.3 cm³/mol. The number of hydrogen-bond acceptors (Lipinski definition) is 2. The summed E-state index contributed by atoms with van der Waals surface area (Å²) in [7, 11) is 2.06. The van der Waals surface area contributed by atoms with Gasteiger partial charge in [-0.1, -0.05) is 17.7 Å². The number of nitrogens with one attached hydrogen (secondary N) is 1. The molecule has 0 radical (unpaired) electrons. The second-order valence-electron chi connectivity index (χ2n) is 4.46. The molecule has 1 aromatic rings. The lowest BCUT2D eigenvalue weighted by atomic mass is 10.2. The largest absolute Gasteiger partial charge is 0.374 e. The summed E-state index contributed by atoms with van der Waals surface area (Å²) in [4.78, 5) is 2.15. The molecular weight excluding hydrogens is 220 g/mol. The molecule has 2 rings (SSSR count). The Bertz CT molecular complexity index is 361. The number of anilines is 1. The molecule has 1 aliphatic carbocycles. The predicted octanol–water partition coefficient (Wildman–Crippen LogP) is 3.05. The molecule has 0 aliphatic heterocycles. The summed E-state index contributed by atoms with van der Waals surface area (Å²) in [5.74, 6) is 0. The Morgan fingerprint density at radius 2 is 2.19 bits per heavy atom. The maximum absolute atomic E-state index is 6.26. The van der Waals surface area contributed by atoms with Crippen LogP contribution in [0.3, 0.4) is 0 Å². The minimum atomic E-state index is 0.747. The second-order valence-corrected chi connectivity index (χ2v) is 4.86. The fraction of sp³-hybridized carbons (Fsp3) is 0.538. The standard InChI is InChI=1S/C13H19ClN2/c1-3-16(2)13-7-4-10(8-12(13)14)9-15-11-5-6-11/h4,7-8,11,15H,3,5-6,9H2,1-2H3. The van der Waals surface area contributed by atoms with E-state index in [0.717, 1.165) is 29.8 Å². The van der Waals surface area contributed by atoms with Crippen molar-refractivity contribution in [2.75, 3.05) is 18.5 Å². The van der Waals surface area contributed by atoms with Gasteiger partial charge in [0.2, 0.25) is 0 Å². The van der Waals surface area contributed by atoms with Crippen molar-refractivity contribution in [3.05, 3.63) is 28.8 Å². The van der Waals surface area contributed by atoms with E-state index in [-0.39, 0.29) is 0 Å². The summed E-state index contributed by atoms with van der Waals surface area (Å²) in [5.41, 5.74) is 2.38. The van der Waals surface area contributed by atoms with E-state index in [1.165, 1.54) is 18.4 Å². The zero-order valence-corrected chi connectivity index (χ0v) is 10.7. The van der Waals surface area contributed by atoms with Gasteiger partial charge in [-0.3, -0.25) is 0 Å². The van der Waals surface area contributed by atoms with Gasteiger partial charge in [-0.05, 0) is 37.5 Å². The second kappa shape index (κ2) is 5.07. The first-order valence-corrected chi connectivity index (χ1v) is 6.31. The Morgan fingerprint density at radius 3 is 2.75 bits per heavy atom. The van der Waals surface area contributed by atoms with Crippen LogP contribution in [0.25, 0.3) is 0 Å². The molecule has 0 atom stereocenters. The normalized spacial score (nSPS) is 15.2. The van der Waals surface area contributed by atoms with E-state index in [0.29, 0.717) is 0 Å². The van der Waals surface area contributed by atoms with Gasteiger partial charge in [0.05, 0.1) is 10.7 Å². The van der Waals surface area contributed by atoms with Crippen LogP contribution in [0.4, 0.5) is 5.69 Å². The molecule has 1 N–H and O–H groups in total. The van der Waals surface area contributed by atoms with Crippen molar-refractivity contribution in [2.24, 2.45) is 0 Å². The van der Waals surface area contributed by atoms with Gasteiger partial charge in [-0.2, -0.15) is 0 Å². The van der Waals surface area contributed by atoms with Gasteiger partial charge < -0.3 is 10.2 Å². The molecule has 0 aromatic heterocycles. The Balaban J connectivity index is 2.02. The van der Waals surface area contributed by atoms with Gasteiger partial charge in [0.25, 0.3) is 0 Å². The lowest BCUT2D eigenvalue weighted by Crippen LogP contribution is -2.17. The van der Waals surface area contributed by atoms with Crippen LogP contribution in [0.15, 0.2) is 18.2 Å². The van der Waals surface area contributed by atoms with Crippen LogP contribution in [-0.4, -0.2) is 19.6 Å². The van der Waals surface area contributed by atoms with E-state index in [2.05, 4.69) is 42.4 Å². The van der Waals surface area contributed by atoms with Gasteiger partial charge in [0.1, 0.15) is 0 Å². The third-order valence-corrected chi connectivity index (χ3v) is 3.37. The van der Waals surface area contributed by atoms with Crippen molar-refractivity contribution in [1.29, 1.82) is 0 Å². The van der Waals surface area contributed by atoms with Crippen molar-refractivity contribution in [3.8, 4) is 0 Å². The highest BCUT2D eigenvalue weighted by molar-refractivity contribution is 6.33. The summed E-state index contributed by atoms with van der Waals surface area (Å²) in [5, 5.41) is 4.34. The minimum absolute atomic E-state index is 0.747. The molecule has 2 nitrogen and oxygen atoms in total. The maximum Gasteiger partial charge on any atom is 0.0642 e. The number of nitrogens with zero attached hydrogens (tertiary/aromatic N) is 1. The third kappa shape index (κ3) is 2.89. The number of hydrogen-bond donors (Lipinski definition) is 1. The fourth-order valence-corrected chi connectivity index (χ4v) is 2.04. The van der Waals surface area contributed by atoms with Gasteiger partial charge in [-0.25, -0.2) is 0 Å². The number of halogens is 1.